The maximum absolute atomic E-state index is 13.5. The Kier molecular flexibility index (Phi) is 8.14. The number of anilines is 1. The molecule has 1 saturated heterocycles. The number of benzene rings is 1. The van der Waals surface area contributed by atoms with Crippen molar-refractivity contribution in [2.75, 3.05) is 26.1 Å². The van der Waals surface area contributed by atoms with E-state index in [1.165, 1.54) is 45.2 Å². The largest absolute Gasteiger partial charge is 0.494 e. The first-order valence-corrected chi connectivity index (χ1v) is 13.2. The highest BCUT2D eigenvalue weighted by Crippen LogP contribution is 2.38. The van der Waals surface area contributed by atoms with Crippen LogP contribution in [-0.2, 0) is 14.8 Å². The van der Waals surface area contributed by atoms with Crippen LogP contribution in [0.15, 0.2) is 30.6 Å². The molecule has 200 valence electrons. The number of methoxy groups -OCH3 is 3. The molecule has 2 aromatic heterocycles. The molecule has 0 radical (unpaired) electrons. The first-order valence-electron chi connectivity index (χ1n) is 11.3. The fraction of sp³-hybridized carbons (Fsp3) is 0.455. The maximum atomic E-state index is 13.5. The van der Waals surface area contributed by atoms with Gasteiger partial charge in [-0.3, -0.25) is 14.6 Å². The van der Waals surface area contributed by atoms with Gasteiger partial charge in [0.1, 0.15) is 34.8 Å². The zero-order valence-electron chi connectivity index (χ0n) is 20.6. The zero-order valence-corrected chi connectivity index (χ0v) is 22.2. The van der Waals surface area contributed by atoms with Crippen molar-refractivity contribution in [3.63, 3.8) is 0 Å². The van der Waals surface area contributed by atoms with Crippen molar-refractivity contribution in [2.45, 2.75) is 43.4 Å². The number of hydrogen-bond acceptors (Lipinski definition) is 11. The van der Waals surface area contributed by atoms with Crippen LogP contribution in [0, 0.1) is 0 Å². The molecule has 0 saturated carbocycles. The number of hydrogen-bond donors (Lipinski definition) is 3. The van der Waals surface area contributed by atoms with Crippen molar-refractivity contribution in [3.05, 3.63) is 47.3 Å². The van der Waals surface area contributed by atoms with Gasteiger partial charge in [-0.1, -0.05) is 17.7 Å². The molecule has 2 unspecified atom stereocenters. The third-order valence-electron chi connectivity index (χ3n) is 6.05. The Hall–Kier alpha value is -3.04. The molecule has 3 aromatic rings. The molecule has 15 heteroatoms. The Morgan fingerprint density at radius 2 is 1.78 bits per heavy atom. The minimum absolute atomic E-state index is 0.0975. The lowest BCUT2D eigenvalue weighted by Gasteiger charge is -2.23. The number of rotatable bonds is 10. The van der Waals surface area contributed by atoms with E-state index in [2.05, 4.69) is 30.2 Å². The summed E-state index contributed by atoms with van der Waals surface area (Å²) in [4.78, 5) is 8.21. The van der Waals surface area contributed by atoms with Gasteiger partial charge in [0.2, 0.25) is 16.0 Å². The van der Waals surface area contributed by atoms with E-state index in [4.69, 9.17) is 25.8 Å². The summed E-state index contributed by atoms with van der Waals surface area (Å²) < 4.78 is 47.7. The topological polar surface area (TPSA) is 163 Å². The SMILES string of the molecule is COc1cccc(OC)c1-n1c(NS(=O)(=O)[C@@H](C)[C@H](OC)c2ncc(Cl)cn2)nnc1C1CCC(O)N1. The highest BCUT2D eigenvalue weighted by atomic mass is 35.5. The van der Waals surface area contributed by atoms with Crippen LogP contribution in [0.5, 0.6) is 11.5 Å². The monoisotopic (exact) mass is 553 g/mol. The average molecular weight is 554 g/mol. The first-order chi connectivity index (χ1) is 17.7. The normalized spacial score (nSPS) is 19.4. The van der Waals surface area contributed by atoms with E-state index in [0.717, 1.165) is 0 Å². The van der Waals surface area contributed by atoms with E-state index in [9.17, 15) is 13.5 Å². The molecule has 0 spiro atoms. The number of aliphatic hydroxyl groups excluding tert-OH is 1. The lowest BCUT2D eigenvalue weighted by Crippen LogP contribution is -2.33. The molecule has 0 bridgehead atoms. The summed E-state index contributed by atoms with van der Waals surface area (Å²) in [6.45, 7) is 1.47. The Labute approximate surface area is 219 Å². The molecule has 3 N–H and O–H groups in total. The summed E-state index contributed by atoms with van der Waals surface area (Å²) >= 11 is 5.87. The minimum Gasteiger partial charge on any atom is -0.494 e. The van der Waals surface area contributed by atoms with Gasteiger partial charge < -0.3 is 19.3 Å². The van der Waals surface area contributed by atoms with Gasteiger partial charge in [0, 0.05) is 19.5 Å². The highest BCUT2D eigenvalue weighted by molar-refractivity contribution is 7.93. The number of sulfonamides is 1. The van der Waals surface area contributed by atoms with E-state index in [1.807, 2.05) is 0 Å². The summed E-state index contributed by atoms with van der Waals surface area (Å²) in [6, 6.07) is 4.75. The molecule has 1 fully saturated rings. The Balaban J connectivity index is 1.78. The Morgan fingerprint density at radius 3 is 2.32 bits per heavy atom. The third-order valence-corrected chi connectivity index (χ3v) is 7.93. The van der Waals surface area contributed by atoms with Crippen LogP contribution in [0.2, 0.25) is 5.02 Å². The highest BCUT2D eigenvalue weighted by Gasteiger charge is 2.36. The zero-order chi connectivity index (χ0) is 26.7. The van der Waals surface area contributed by atoms with Crippen LogP contribution in [0.25, 0.3) is 5.69 Å². The average Bonchev–Trinajstić information content (AvgIpc) is 3.50. The standard InChI is InChI=1S/C22H28ClN7O6S/c1-12(19(36-4)20-24-10-13(23)11-25-20)37(32,33)29-22-28-27-21(14-8-9-17(31)26-14)30(22)18-15(34-2)6-5-7-16(18)35-3/h5-7,10-12,14,17,19,26,31H,8-9H2,1-4H3,(H,28,29)/t12-,14?,17?,19-/m0/s1. The van der Waals surface area contributed by atoms with E-state index in [1.54, 1.807) is 18.2 Å². The van der Waals surface area contributed by atoms with E-state index >= 15 is 0 Å². The van der Waals surface area contributed by atoms with Gasteiger partial charge in [-0.15, -0.1) is 10.2 Å². The predicted octanol–water partition coefficient (Wildman–Crippen LogP) is 1.99. The molecule has 4 rings (SSSR count). The van der Waals surface area contributed by atoms with Crippen molar-refractivity contribution in [3.8, 4) is 17.2 Å². The quantitative estimate of drug-likeness (QED) is 0.336. The van der Waals surface area contributed by atoms with Crippen molar-refractivity contribution in [2.24, 2.45) is 0 Å². The van der Waals surface area contributed by atoms with Crippen molar-refractivity contribution >= 4 is 27.6 Å². The van der Waals surface area contributed by atoms with Gasteiger partial charge in [0.15, 0.2) is 11.6 Å². The van der Waals surface area contributed by atoms with Crippen molar-refractivity contribution < 1.29 is 27.7 Å². The van der Waals surface area contributed by atoms with Gasteiger partial charge in [0.25, 0.3) is 0 Å². The van der Waals surface area contributed by atoms with Gasteiger partial charge in [-0.2, -0.15) is 0 Å². The van der Waals surface area contributed by atoms with Crippen LogP contribution in [0.1, 0.15) is 43.6 Å². The molecule has 1 aliphatic heterocycles. The summed E-state index contributed by atoms with van der Waals surface area (Å²) in [6.07, 6.45) is 2.05. The number of para-hydroxylation sites is 1. The summed E-state index contributed by atoms with van der Waals surface area (Å²) in [5, 5.41) is 20.7. The number of ether oxygens (including phenoxy) is 3. The number of halogens is 1. The van der Waals surface area contributed by atoms with E-state index < -0.39 is 33.6 Å². The molecule has 1 aromatic carbocycles. The van der Waals surface area contributed by atoms with E-state index in [0.29, 0.717) is 40.9 Å². The number of nitrogens with zero attached hydrogens (tertiary/aromatic N) is 5. The van der Waals surface area contributed by atoms with Crippen LogP contribution in [0.3, 0.4) is 0 Å². The molecular weight excluding hydrogens is 526 g/mol. The minimum atomic E-state index is -4.14. The van der Waals surface area contributed by atoms with Crippen LogP contribution < -0.4 is 19.5 Å². The lowest BCUT2D eigenvalue weighted by molar-refractivity contribution is 0.0950. The summed E-state index contributed by atoms with van der Waals surface area (Å²) in [7, 11) is 0.205. The molecule has 1 aliphatic rings. The molecule has 4 atom stereocenters. The summed E-state index contributed by atoms with van der Waals surface area (Å²) in [5.41, 5.74) is 0.394. The first kappa shape index (κ1) is 27.0. The van der Waals surface area contributed by atoms with Crippen LogP contribution >= 0.6 is 11.6 Å². The number of aliphatic hydroxyl groups is 1. The molecular formula is C22H28ClN7O6S. The Morgan fingerprint density at radius 1 is 1.14 bits per heavy atom. The fourth-order valence-electron chi connectivity index (χ4n) is 4.15. The fourth-order valence-corrected chi connectivity index (χ4v) is 5.38. The second kappa shape index (κ2) is 11.1. The second-order valence-corrected chi connectivity index (χ2v) is 10.8. The van der Waals surface area contributed by atoms with Crippen LogP contribution in [-0.4, -0.2) is 71.1 Å². The number of nitrogens with one attached hydrogen (secondary N) is 2. The van der Waals surface area contributed by atoms with Gasteiger partial charge in [-0.25, -0.2) is 18.4 Å². The van der Waals surface area contributed by atoms with E-state index in [-0.39, 0.29) is 11.8 Å². The molecule has 0 amide bonds. The van der Waals surface area contributed by atoms with Crippen molar-refractivity contribution in [1.82, 2.24) is 30.0 Å². The number of aromatic nitrogens is 5. The van der Waals surface area contributed by atoms with Crippen molar-refractivity contribution in [1.29, 1.82) is 0 Å². The smallest absolute Gasteiger partial charge is 0.243 e. The predicted molar refractivity (Wildman–Crippen MR) is 134 cm³/mol. The third kappa shape index (κ3) is 5.48. The Bertz CT molecular complexity index is 1320. The molecule has 37 heavy (non-hydrogen) atoms. The second-order valence-electron chi connectivity index (χ2n) is 8.31. The van der Waals surface area contributed by atoms with Gasteiger partial charge >= 0.3 is 0 Å². The molecule has 3 heterocycles. The van der Waals surface area contributed by atoms with Gasteiger partial charge in [0.05, 0.1) is 25.3 Å². The molecule has 0 aliphatic carbocycles. The molecule has 13 nitrogen and oxygen atoms in total. The summed E-state index contributed by atoms with van der Waals surface area (Å²) in [5.74, 6) is 1.23. The van der Waals surface area contributed by atoms with Crippen LogP contribution in [0.4, 0.5) is 5.95 Å². The van der Waals surface area contributed by atoms with Gasteiger partial charge in [-0.05, 0) is 31.9 Å². The maximum Gasteiger partial charge on any atom is 0.243 e. The lowest BCUT2D eigenvalue weighted by atomic mass is 10.2.